The van der Waals surface area contributed by atoms with E-state index < -0.39 is 0 Å². The number of anilines is 1. The van der Waals surface area contributed by atoms with Crippen molar-refractivity contribution in [2.45, 2.75) is 72.9 Å². The highest BCUT2D eigenvalue weighted by atomic mass is 32.1. The lowest BCUT2D eigenvalue weighted by Crippen LogP contribution is -2.33. The predicted molar refractivity (Wildman–Crippen MR) is 95.5 cm³/mol. The van der Waals surface area contributed by atoms with Crippen LogP contribution in [0, 0.1) is 5.92 Å². The second-order valence-electron chi connectivity index (χ2n) is 7.29. The van der Waals surface area contributed by atoms with Crippen LogP contribution >= 0.6 is 11.3 Å². The molecular weight excluding hydrogens is 278 g/mol. The topological polar surface area (TPSA) is 28.2 Å². The summed E-state index contributed by atoms with van der Waals surface area (Å²) in [4.78, 5) is 8.68. The third-order valence-corrected chi connectivity index (χ3v) is 5.13. The van der Waals surface area contributed by atoms with Gasteiger partial charge in [-0.05, 0) is 25.8 Å². The van der Waals surface area contributed by atoms with Crippen molar-refractivity contribution in [2.24, 2.45) is 5.92 Å². The van der Waals surface area contributed by atoms with E-state index in [0.717, 1.165) is 18.2 Å². The molecule has 0 radical (unpaired) electrons. The van der Waals surface area contributed by atoms with Crippen LogP contribution in [0.5, 0.6) is 0 Å². The van der Waals surface area contributed by atoms with Gasteiger partial charge in [0.05, 0.1) is 5.69 Å². The van der Waals surface area contributed by atoms with Crippen LogP contribution in [0.2, 0.25) is 0 Å². The summed E-state index contributed by atoms with van der Waals surface area (Å²) in [6, 6.07) is 0.500. The molecule has 122 valence electrons. The van der Waals surface area contributed by atoms with Gasteiger partial charge < -0.3 is 10.2 Å². The molecule has 0 fully saturated rings. The highest BCUT2D eigenvalue weighted by Crippen LogP contribution is 2.34. The van der Waals surface area contributed by atoms with Gasteiger partial charge in [0.15, 0.2) is 5.13 Å². The number of rotatable bonds is 7. The van der Waals surface area contributed by atoms with Crippen LogP contribution in [-0.4, -0.2) is 24.6 Å². The second-order valence-corrected chi connectivity index (χ2v) is 8.35. The first-order chi connectivity index (χ1) is 9.68. The zero-order valence-corrected chi connectivity index (χ0v) is 15.9. The van der Waals surface area contributed by atoms with Crippen molar-refractivity contribution in [3.05, 3.63) is 10.6 Å². The normalized spacial score (nSPS) is 13.8. The Balaban J connectivity index is 3.02. The molecular formula is C17H33N3S. The van der Waals surface area contributed by atoms with Crippen LogP contribution in [0.3, 0.4) is 0 Å². The second kappa shape index (κ2) is 7.59. The minimum atomic E-state index is 0.0971. The molecule has 4 heteroatoms. The fourth-order valence-electron chi connectivity index (χ4n) is 2.20. The zero-order valence-electron chi connectivity index (χ0n) is 15.1. The molecule has 1 aromatic heterocycles. The number of nitrogens with zero attached hydrogens (tertiary/aromatic N) is 2. The largest absolute Gasteiger partial charge is 0.348 e. The number of nitrogens with one attached hydrogen (secondary N) is 1. The molecule has 0 bridgehead atoms. The van der Waals surface area contributed by atoms with E-state index in [2.05, 4.69) is 65.7 Å². The van der Waals surface area contributed by atoms with Crippen molar-refractivity contribution in [3.63, 3.8) is 0 Å². The van der Waals surface area contributed by atoms with Crippen LogP contribution in [0.4, 0.5) is 5.13 Å². The van der Waals surface area contributed by atoms with Crippen molar-refractivity contribution in [2.75, 3.05) is 18.5 Å². The van der Waals surface area contributed by atoms with Gasteiger partial charge >= 0.3 is 0 Å². The maximum absolute atomic E-state index is 4.97. The number of hydrogen-bond acceptors (Lipinski definition) is 4. The third-order valence-electron chi connectivity index (χ3n) is 3.99. The van der Waals surface area contributed by atoms with Gasteiger partial charge in [0.25, 0.3) is 0 Å². The Labute approximate surface area is 135 Å². The molecule has 0 saturated heterocycles. The summed E-state index contributed by atoms with van der Waals surface area (Å²) in [5, 5.41) is 4.67. The molecule has 0 aliphatic rings. The Morgan fingerprint density at radius 2 is 1.86 bits per heavy atom. The summed E-state index contributed by atoms with van der Waals surface area (Å²) in [5.41, 5.74) is 1.34. The van der Waals surface area contributed by atoms with Crippen LogP contribution in [0.1, 0.15) is 65.5 Å². The van der Waals surface area contributed by atoms with Crippen LogP contribution in [-0.2, 0) is 12.0 Å². The SMILES string of the molecule is CCCNCc1sc(N(C)C(C)C(C)C)nc1C(C)(C)C. The maximum atomic E-state index is 4.97. The summed E-state index contributed by atoms with van der Waals surface area (Å²) < 4.78 is 0. The lowest BCUT2D eigenvalue weighted by atomic mass is 9.91. The van der Waals surface area contributed by atoms with Gasteiger partial charge in [-0.1, -0.05) is 41.5 Å². The molecule has 0 saturated carbocycles. The highest BCUT2D eigenvalue weighted by Gasteiger charge is 2.25. The molecule has 0 aromatic carbocycles. The summed E-state index contributed by atoms with van der Waals surface area (Å²) in [5.74, 6) is 0.624. The summed E-state index contributed by atoms with van der Waals surface area (Å²) >= 11 is 1.84. The predicted octanol–water partition coefficient (Wildman–Crippen LogP) is 4.42. The van der Waals surface area contributed by atoms with E-state index in [9.17, 15) is 0 Å². The smallest absolute Gasteiger partial charge is 0.185 e. The van der Waals surface area contributed by atoms with Gasteiger partial charge in [-0.25, -0.2) is 4.98 Å². The Hall–Kier alpha value is -0.610. The molecule has 1 unspecified atom stereocenters. The first kappa shape index (κ1) is 18.4. The van der Waals surface area contributed by atoms with E-state index in [1.807, 2.05) is 11.3 Å². The van der Waals surface area contributed by atoms with E-state index in [0.29, 0.717) is 12.0 Å². The van der Waals surface area contributed by atoms with Crippen LogP contribution in [0.25, 0.3) is 0 Å². The van der Waals surface area contributed by atoms with Crippen molar-refractivity contribution >= 4 is 16.5 Å². The molecule has 0 aliphatic carbocycles. The maximum Gasteiger partial charge on any atom is 0.185 e. The molecule has 0 aliphatic heterocycles. The van der Waals surface area contributed by atoms with Gasteiger partial charge in [-0.3, -0.25) is 0 Å². The summed E-state index contributed by atoms with van der Waals surface area (Å²) in [6.45, 7) is 17.8. The monoisotopic (exact) mass is 311 g/mol. The van der Waals surface area contributed by atoms with E-state index in [4.69, 9.17) is 4.98 Å². The molecule has 1 aromatic rings. The molecule has 0 amide bonds. The van der Waals surface area contributed by atoms with Crippen molar-refractivity contribution < 1.29 is 0 Å². The first-order valence-electron chi connectivity index (χ1n) is 8.12. The molecule has 1 rings (SSSR count). The average molecular weight is 312 g/mol. The van der Waals surface area contributed by atoms with Crippen molar-refractivity contribution in [1.82, 2.24) is 10.3 Å². The number of aromatic nitrogens is 1. The zero-order chi connectivity index (χ0) is 16.2. The minimum Gasteiger partial charge on any atom is -0.348 e. The fourth-order valence-corrected chi connectivity index (χ4v) is 3.49. The van der Waals surface area contributed by atoms with Gasteiger partial charge in [0.1, 0.15) is 0 Å². The lowest BCUT2D eigenvalue weighted by molar-refractivity contribution is 0.503. The standard InChI is InChI=1S/C17H33N3S/c1-9-10-18-11-14-15(17(5,6)7)19-16(21-14)20(8)13(4)12(2)3/h12-13,18H,9-11H2,1-8H3. The Morgan fingerprint density at radius 1 is 1.24 bits per heavy atom. The quantitative estimate of drug-likeness (QED) is 0.756. The van der Waals surface area contributed by atoms with Gasteiger partial charge in [-0.2, -0.15) is 0 Å². The molecule has 1 atom stereocenters. The number of hydrogen-bond donors (Lipinski definition) is 1. The highest BCUT2D eigenvalue weighted by molar-refractivity contribution is 7.15. The van der Waals surface area contributed by atoms with E-state index >= 15 is 0 Å². The van der Waals surface area contributed by atoms with Gasteiger partial charge in [0.2, 0.25) is 0 Å². The van der Waals surface area contributed by atoms with Crippen molar-refractivity contribution in [1.29, 1.82) is 0 Å². The van der Waals surface area contributed by atoms with E-state index in [1.54, 1.807) is 0 Å². The third kappa shape index (κ3) is 4.96. The fraction of sp³-hybridized carbons (Fsp3) is 0.824. The molecule has 0 spiro atoms. The van der Waals surface area contributed by atoms with Crippen LogP contribution < -0.4 is 10.2 Å². The van der Waals surface area contributed by atoms with Crippen molar-refractivity contribution in [3.8, 4) is 0 Å². The Kier molecular flexibility index (Phi) is 6.67. The van der Waals surface area contributed by atoms with Gasteiger partial charge in [-0.15, -0.1) is 11.3 Å². The first-order valence-corrected chi connectivity index (χ1v) is 8.93. The Bertz CT molecular complexity index is 432. The molecule has 3 nitrogen and oxygen atoms in total. The van der Waals surface area contributed by atoms with Gasteiger partial charge in [0, 0.05) is 29.9 Å². The van der Waals surface area contributed by atoms with E-state index in [1.165, 1.54) is 17.0 Å². The molecule has 1 heterocycles. The van der Waals surface area contributed by atoms with E-state index in [-0.39, 0.29) is 5.41 Å². The minimum absolute atomic E-state index is 0.0971. The summed E-state index contributed by atoms with van der Waals surface area (Å²) in [7, 11) is 2.17. The molecule has 1 N–H and O–H groups in total. The molecule has 21 heavy (non-hydrogen) atoms. The van der Waals surface area contributed by atoms with Crippen LogP contribution in [0.15, 0.2) is 0 Å². The lowest BCUT2D eigenvalue weighted by Gasteiger charge is -2.27. The average Bonchev–Trinajstić information content (AvgIpc) is 2.81. The summed E-state index contributed by atoms with van der Waals surface area (Å²) in [6.07, 6.45) is 1.17. The Morgan fingerprint density at radius 3 is 2.33 bits per heavy atom. The number of thiazole rings is 1.